The van der Waals surface area contributed by atoms with Crippen LogP contribution in [0.5, 0.6) is 0 Å². The van der Waals surface area contributed by atoms with Crippen LogP contribution in [0, 0.1) is 0 Å². The summed E-state index contributed by atoms with van der Waals surface area (Å²) in [5.41, 5.74) is 2.61. The zero-order chi connectivity index (χ0) is 13.7. The number of hydrogen-bond acceptors (Lipinski definition) is 2. The molecule has 1 aromatic heterocycles. The molecule has 0 aliphatic heterocycles. The second-order valence-electron chi connectivity index (χ2n) is 3.99. The van der Waals surface area contributed by atoms with Crippen molar-refractivity contribution in [2.45, 2.75) is 11.9 Å². The van der Waals surface area contributed by atoms with E-state index in [4.69, 9.17) is 11.6 Å². The average Bonchev–Trinajstić information content (AvgIpc) is 2.46. The van der Waals surface area contributed by atoms with Gasteiger partial charge in [0.05, 0.1) is 5.02 Å². The van der Waals surface area contributed by atoms with Crippen LogP contribution in [0.3, 0.4) is 0 Å². The molecule has 1 heterocycles. The van der Waals surface area contributed by atoms with E-state index in [0.717, 1.165) is 10.9 Å². The molecule has 2 rings (SSSR count). The minimum atomic E-state index is -0.207. The van der Waals surface area contributed by atoms with Gasteiger partial charge in [0.15, 0.2) is 0 Å². The van der Waals surface area contributed by atoms with Crippen molar-refractivity contribution in [3.63, 3.8) is 0 Å². The maximum Gasteiger partial charge on any atom is 0.270 e. The number of hydrogen-bond donors (Lipinski definition) is 1. The fourth-order valence-electron chi connectivity index (χ4n) is 1.53. The predicted octanol–water partition coefficient (Wildman–Crippen LogP) is 3.56. The standard InChI is InChI=1S/C14H12BrClN2O/c15-7-10-1-3-11(4-2-10)8-18-14(19)13-6-5-12(16)9-17-13/h1-6,9H,7-8H2,(H,18,19). The van der Waals surface area contributed by atoms with Crippen molar-refractivity contribution >= 4 is 33.4 Å². The number of carbonyl (C=O) groups is 1. The third-order valence-electron chi connectivity index (χ3n) is 2.59. The van der Waals surface area contributed by atoms with Gasteiger partial charge in [-0.3, -0.25) is 4.79 Å². The second-order valence-corrected chi connectivity index (χ2v) is 4.99. The summed E-state index contributed by atoms with van der Waals surface area (Å²) >= 11 is 9.11. The molecule has 0 radical (unpaired) electrons. The summed E-state index contributed by atoms with van der Waals surface area (Å²) in [7, 11) is 0. The number of benzene rings is 1. The van der Waals surface area contributed by atoms with E-state index in [-0.39, 0.29) is 5.91 Å². The Hall–Kier alpha value is -1.39. The Morgan fingerprint density at radius 2 is 1.84 bits per heavy atom. The number of aromatic nitrogens is 1. The summed E-state index contributed by atoms with van der Waals surface area (Å²) in [6.07, 6.45) is 1.46. The summed E-state index contributed by atoms with van der Waals surface area (Å²) in [4.78, 5) is 15.8. The van der Waals surface area contributed by atoms with Gasteiger partial charge in [0.1, 0.15) is 5.69 Å². The molecule has 98 valence electrons. The van der Waals surface area contributed by atoms with Crippen LogP contribution >= 0.6 is 27.5 Å². The van der Waals surface area contributed by atoms with Crippen LogP contribution in [-0.2, 0) is 11.9 Å². The Morgan fingerprint density at radius 1 is 1.16 bits per heavy atom. The quantitative estimate of drug-likeness (QED) is 0.865. The first kappa shape index (κ1) is 14.0. The van der Waals surface area contributed by atoms with Crippen molar-refractivity contribution in [2.24, 2.45) is 0 Å². The zero-order valence-corrected chi connectivity index (χ0v) is 12.4. The van der Waals surface area contributed by atoms with Crippen LogP contribution < -0.4 is 5.32 Å². The topological polar surface area (TPSA) is 42.0 Å². The summed E-state index contributed by atoms with van der Waals surface area (Å²) in [6, 6.07) is 11.3. The average molecular weight is 340 g/mol. The maximum atomic E-state index is 11.8. The van der Waals surface area contributed by atoms with E-state index < -0.39 is 0 Å². The monoisotopic (exact) mass is 338 g/mol. The fraction of sp³-hybridized carbons (Fsp3) is 0.143. The number of rotatable bonds is 4. The summed E-state index contributed by atoms with van der Waals surface area (Å²) < 4.78 is 0. The van der Waals surface area contributed by atoms with E-state index in [1.807, 2.05) is 24.3 Å². The van der Waals surface area contributed by atoms with Gasteiger partial charge in [-0.25, -0.2) is 4.98 Å². The first-order valence-electron chi connectivity index (χ1n) is 5.72. The van der Waals surface area contributed by atoms with Crippen molar-refractivity contribution in [3.8, 4) is 0 Å². The molecule has 1 aromatic carbocycles. The third kappa shape index (κ3) is 4.04. The molecule has 1 amide bonds. The normalized spacial score (nSPS) is 10.2. The highest BCUT2D eigenvalue weighted by Gasteiger charge is 2.06. The van der Waals surface area contributed by atoms with Crippen LogP contribution in [0.25, 0.3) is 0 Å². The number of pyridine rings is 1. The Labute approximate surface area is 125 Å². The number of amides is 1. The molecule has 2 aromatic rings. The van der Waals surface area contributed by atoms with E-state index >= 15 is 0 Å². The summed E-state index contributed by atoms with van der Waals surface area (Å²) in [5.74, 6) is -0.207. The molecule has 3 nitrogen and oxygen atoms in total. The number of nitrogens with one attached hydrogen (secondary N) is 1. The lowest BCUT2D eigenvalue weighted by Crippen LogP contribution is -2.23. The lowest BCUT2D eigenvalue weighted by Gasteiger charge is -2.05. The molecule has 1 N–H and O–H groups in total. The second kappa shape index (κ2) is 6.68. The molecule has 0 atom stereocenters. The smallest absolute Gasteiger partial charge is 0.270 e. The van der Waals surface area contributed by atoms with Gasteiger partial charge in [-0.2, -0.15) is 0 Å². The van der Waals surface area contributed by atoms with Gasteiger partial charge in [-0.15, -0.1) is 0 Å². The molecule has 5 heteroatoms. The summed E-state index contributed by atoms with van der Waals surface area (Å²) in [5, 5.41) is 4.16. The highest BCUT2D eigenvalue weighted by atomic mass is 79.9. The molecule has 0 aliphatic rings. The number of nitrogens with zero attached hydrogens (tertiary/aromatic N) is 1. The van der Waals surface area contributed by atoms with Crippen molar-refractivity contribution in [2.75, 3.05) is 0 Å². The van der Waals surface area contributed by atoms with E-state index in [1.165, 1.54) is 11.8 Å². The molecule has 19 heavy (non-hydrogen) atoms. The predicted molar refractivity (Wildman–Crippen MR) is 79.5 cm³/mol. The lowest BCUT2D eigenvalue weighted by atomic mass is 10.1. The minimum Gasteiger partial charge on any atom is -0.347 e. The van der Waals surface area contributed by atoms with Crippen molar-refractivity contribution in [3.05, 3.63) is 64.4 Å². The van der Waals surface area contributed by atoms with Crippen LogP contribution in [0.4, 0.5) is 0 Å². The number of halogens is 2. The van der Waals surface area contributed by atoms with Gasteiger partial charge in [0, 0.05) is 18.1 Å². The molecule has 0 saturated carbocycles. The largest absolute Gasteiger partial charge is 0.347 e. The van der Waals surface area contributed by atoms with E-state index in [1.54, 1.807) is 12.1 Å². The minimum absolute atomic E-state index is 0.207. The fourth-order valence-corrected chi connectivity index (χ4v) is 2.01. The SMILES string of the molecule is O=C(NCc1ccc(CBr)cc1)c1ccc(Cl)cn1. The van der Waals surface area contributed by atoms with Crippen LogP contribution in [0.1, 0.15) is 21.6 Å². The van der Waals surface area contributed by atoms with Crippen LogP contribution in [0.15, 0.2) is 42.6 Å². The Bertz CT molecular complexity index is 555. The Morgan fingerprint density at radius 3 is 2.42 bits per heavy atom. The maximum absolute atomic E-state index is 11.8. The van der Waals surface area contributed by atoms with Crippen LogP contribution in [-0.4, -0.2) is 10.9 Å². The Balaban J connectivity index is 1.94. The van der Waals surface area contributed by atoms with Gasteiger partial charge in [0.2, 0.25) is 0 Å². The zero-order valence-electron chi connectivity index (χ0n) is 10.1. The van der Waals surface area contributed by atoms with Gasteiger partial charge in [-0.05, 0) is 23.3 Å². The van der Waals surface area contributed by atoms with Gasteiger partial charge in [0.25, 0.3) is 5.91 Å². The lowest BCUT2D eigenvalue weighted by molar-refractivity contribution is 0.0946. The van der Waals surface area contributed by atoms with Gasteiger partial charge < -0.3 is 5.32 Å². The van der Waals surface area contributed by atoms with Crippen LogP contribution in [0.2, 0.25) is 5.02 Å². The molecule has 0 saturated heterocycles. The molecule has 0 aliphatic carbocycles. The summed E-state index contributed by atoms with van der Waals surface area (Å²) in [6.45, 7) is 0.478. The first-order chi connectivity index (χ1) is 9.19. The molecule has 0 bridgehead atoms. The number of alkyl halides is 1. The molecule has 0 spiro atoms. The van der Waals surface area contributed by atoms with Crippen molar-refractivity contribution < 1.29 is 4.79 Å². The first-order valence-corrected chi connectivity index (χ1v) is 7.22. The molecule has 0 unspecified atom stereocenters. The van der Waals surface area contributed by atoms with Gasteiger partial charge in [-0.1, -0.05) is 51.8 Å². The highest BCUT2D eigenvalue weighted by Crippen LogP contribution is 2.09. The molecular formula is C14H12BrClN2O. The molecular weight excluding hydrogens is 328 g/mol. The van der Waals surface area contributed by atoms with Gasteiger partial charge >= 0.3 is 0 Å². The number of carbonyl (C=O) groups excluding carboxylic acids is 1. The molecule has 0 fully saturated rings. The van der Waals surface area contributed by atoms with E-state index in [0.29, 0.717) is 17.3 Å². The van der Waals surface area contributed by atoms with E-state index in [9.17, 15) is 4.79 Å². The third-order valence-corrected chi connectivity index (χ3v) is 3.46. The Kier molecular flexibility index (Phi) is 4.93. The van der Waals surface area contributed by atoms with Crippen molar-refractivity contribution in [1.82, 2.24) is 10.3 Å². The highest BCUT2D eigenvalue weighted by molar-refractivity contribution is 9.08. The van der Waals surface area contributed by atoms with E-state index in [2.05, 4.69) is 26.2 Å². The van der Waals surface area contributed by atoms with Crippen molar-refractivity contribution in [1.29, 1.82) is 0 Å².